The van der Waals surface area contributed by atoms with Gasteiger partial charge in [0.1, 0.15) is 11.5 Å². The monoisotopic (exact) mass is 305 g/mol. The molecule has 1 amide bonds. The van der Waals surface area contributed by atoms with E-state index >= 15 is 0 Å². The minimum Gasteiger partial charge on any atom is -0.497 e. The molecule has 21 heavy (non-hydrogen) atoms. The molecule has 0 atom stereocenters. The van der Waals surface area contributed by atoms with Crippen LogP contribution in [0.4, 0.5) is 5.69 Å². The average Bonchev–Trinajstić information content (AvgIpc) is 3.00. The molecule has 1 heterocycles. The maximum absolute atomic E-state index is 12.0. The Morgan fingerprint density at radius 3 is 2.76 bits per heavy atom. The van der Waals surface area contributed by atoms with Crippen molar-refractivity contribution in [2.24, 2.45) is 0 Å². The second-order valence-electron chi connectivity index (χ2n) is 4.55. The Morgan fingerprint density at radius 2 is 2.10 bits per heavy atom. The fourth-order valence-corrected chi connectivity index (χ4v) is 2.75. The zero-order chi connectivity index (χ0) is 15.1. The van der Waals surface area contributed by atoms with Crippen molar-refractivity contribution in [3.63, 3.8) is 0 Å². The van der Waals surface area contributed by atoms with Crippen LogP contribution in [-0.2, 0) is 11.2 Å². The third kappa shape index (κ3) is 4.49. The van der Waals surface area contributed by atoms with Crippen molar-refractivity contribution in [1.29, 1.82) is 0 Å². The Morgan fingerprint density at radius 1 is 1.24 bits per heavy atom. The molecule has 4 nitrogen and oxygen atoms in total. The van der Waals surface area contributed by atoms with Gasteiger partial charge in [0, 0.05) is 17.4 Å². The summed E-state index contributed by atoms with van der Waals surface area (Å²) in [6, 6.07) is 9.45. The van der Waals surface area contributed by atoms with Gasteiger partial charge in [-0.3, -0.25) is 4.79 Å². The van der Waals surface area contributed by atoms with Gasteiger partial charge in [0.25, 0.3) is 0 Å². The Kier molecular flexibility index (Phi) is 5.63. The molecule has 0 saturated heterocycles. The summed E-state index contributed by atoms with van der Waals surface area (Å²) < 4.78 is 10.4. The Bertz CT molecular complexity index is 581. The number of anilines is 1. The van der Waals surface area contributed by atoms with Crippen molar-refractivity contribution in [3.05, 3.63) is 40.6 Å². The van der Waals surface area contributed by atoms with E-state index in [1.54, 1.807) is 43.8 Å². The lowest BCUT2D eigenvalue weighted by Gasteiger charge is -2.11. The fourth-order valence-electron chi connectivity index (χ4n) is 2.00. The number of ether oxygens (including phenoxy) is 2. The molecule has 0 aliphatic heterocycles. The number of hydrogen-bond acceptors (Lipinski definition) is 4. The Labute approximate surface area is 128 Å². The van der Waals surface area contributed by atoms with Crippen LogP contribution in [0.15, 0.2) is 35.7 Å². The van der Waals surface area contributed by atoms with Gasteiger partial charge in [0.05, 0.1) is 19.9 Å². The molecule has 5 heteroatoms. The molecule has 0 spiro atoms. The predicted octanol–water partition coefficient (Wildman–Crippen LogP) is 3.73. The summed E-state index contributed by atoms with van der Waals surface area (Å²) in [6.45, 7) is 0. The molecule has 0 bridgehead atoms. The first-order valence-corrected chi connectivity index (χ1v) is 7.65. The Balaban J connectivity index is 1.89. The molecule has 0 radical (unpaired) electrons. The summed E-state index contributed by atoms with van der Waals surface area (Å²) in [4.78, 5) is 13.3. The van der Waals surface area contributed by atoms with Crippen molar-refractivity contribution in [3.8, 4) is 11.5 Å². The van der Waals surface area contributed by atoms with Gasteiger partial charge in [0.2, 0.25) is 5.91 Å². The van der Waals surface area contributed by atoms with Crippen LogP contribution in [0, 0.1) is 0 Å². The average molecular weight is 305 g/mol. The van der Waals surface area contributed by atoms with E-state index in [9.17, 15) is 4.79 Å². The van der Waals surface area contributed by atoms with Crippen LogP contribution in [0.3, 0.4) is 0 Å². The molecular weight excluding hydrogens is 286 g/mol. The smallest absolute Gasteiger partial charge is 0.224 e. The van der Waals surface area contributed by atoms with E-state index < -0.39 is 0 Å². The standard InChI is InChI=1S/C16H19NO3S/c1-19-12-8-9-15(20-2)14(11-12)17-16(18)7-3-5-13-6-4-10-21-13/h4,6,8-11H,3,5,7H2,1-2H3,(H,17,18). The van der Waals surface area contributed by atoms with Crippen molar-refractivity contribution < 1.29 is 14.3 Å². The molecule has 1 N–H and O–H groups in total. The van der Waals surface area contributed by atoms with Gasteiger partial charge < -0.3 is 14.8 Å². The number of nitrogens with one attached hydrogen (secondary N) is 1. The minimum absolute atomic E-state index is 0.0156. The van der Waals surface area contributed by atoms with E-state index in [0.717, 1.165) is 12.8 Å². The van der Waals surface area contributed by atoms with Crippen molar-refractivity contribution >= 4 is 22.9 Å². The third-order valence-corrected chi connectivity index (χ3v) is 4.02. The van der Waals surface area contributed by atoms with Gasteiger partial charge in [-0.15, -0.1) is 11.3 Å². The van der Waals surface area contributed by atoms with Crippen LogP contribution in [0.25, 0.3) is 0 Å². The molecule has 0 fully saturated rings. The molecule has 2 rings (SSSR count). The van der Waals surface area contributed by atoms with Crippen LogP contribution in [0.1, 0.15) is 17.7 Å². The zero-order valence-corrected chi connectivity index (χ0v) is 13.0. The van der Waals surface area contributed by atoms with Gasteiger partial charge in [-0.25, -0.2) is 0 Å². The number of methoxy groups -OCH3 is 2. The topological polar surface area (TPSA) is 47.6 Å². The van der Waals surface area contributed by atoms with E-state index in [2.05, 4.69) is 16.8 Å². The fraction of sp³-hybridized carbons (Fsp3) is 0.312. The summed E-state index contributed by atoms with van der Waals surface area (Å²) in [7, 11) is 3.17. The first-order valence-electron chi connectivity index (χ1n) is 6.77. The summed E-state index contributed by atoms with van der Waals surface area (Å²) in [5.41, 5.74) is 0.637. The van der Waals surface area contributed by atoms with Crippen LogP contribution in [0.2, 0.25) is 0 Å². The van der Waals surface area contributed by atoms with Crippen LogP contribution < -0.4 is 14.8 Å². The maximum atomic E-state index is 12.0. The number of benzene rings is 1. The molecule has 0 saturated carbocycles. The molecule has 0 unspecified atom stereocenters. The third-order valence-electron chi connectivity index (χ3n) is 3.09. The Hall–Kier alpha value is -2.01. The normalized spacial score (nSPS) is 10.2. The summed E-state index contributed by atoms with van der Waals surface area (Å²) in [6.07, 6.45) is 2.25. The lowest BCUT2D eigenvalue weighted by Crippen LogP contribution is -2.12. The lowest BCUT2D eigenvalue weighted by atomic mass is 10.2. The minimum atomic E-state index is -0.0156. The van der Waals surface area contributed by atoms with Gasteiger partial charge in [-0.2, -0.15) is 0 Å². The molecule has 1 aromatic heterocycles. The number of carbonyl (C=O) groups is 1. The lowest BCUT2D eigenvalue weighted by molar-refractivity contribution is -0.116. The summed E-state index contributed by atoms with van der Waals surface area (Å²) >= 11 is 1.72. The van der Waals surface area contributed by atoms with Gasteiger partial charge >= 0.3 is 0 Å². The van der Waals surface area contributed by atoms with Gasteiger partial charge in [0.15, 0.2) is 0 Å². The highest BCUT2D eigenvalue weighted by atomic mass is 32.1. The zero-order valence-electron chi connectivity index (χ0n) is 12.2. The first kappa shape index (κ1) is 15.4. The SMILES string of the molecule is COc1ccc(OC)c(NC(=O)CCCc2cccs2)c1. The van der Waals surface area contributed by atoms with Gasteiger partial charge in [-0.05, 0) is 36.4 Å². The second kappa shape index (κ2) is 7.69. The van der Waals surface area contributed by atoms with Crippen molar-refractivity contribution in [2.75, 3.05) is 19.5 Å². The predicted molar refractivity (Wildman–Crippen MR) is 85.4 cm³/mol. The molecule has 112 valence electrons. The number of aryl methyl sites for hydroxylation is 1. The highest BCUT2D eigenvalue weighted by molar-refractivity contribution is 7.09. The summed E-state index contributed by atoms with van der Waals surface area (Å²) in [5.74, 6) is 1.30. The van der Waals surface area contributed by atoms with E-state index in [1.807, 2.05) is 6.07 Å². The molecule has 0 aliphatic rings. The number of hydrogen-bond donors (Lipinski definition) is 1. The highest BCUT2D eigenvalue weighted by Crippen LogP contribution is 2.29. The highest BCUT2D eigenvalue weighted by Gasteiger charge is 2.09. The van der Waals surface area contributed by atoms with E-state index in [-0.39, 0.29) is 5.91 Å². The quantitative estimate of drug-likeness (QED) is 0.848. The number of rotatable bonds is 7. The number of carbonyl (C=O) groups excluding carboxylic acids is 1. The number of thiophene rings is 1. The molecule has 1 aromatic carbocycles. The molecule has 0 aliphatic carbocycles. The van der Waals surface area contributed by atoms with Crippen molar-refractivity contribution in [2.45, 2.75) is 19.3 Å². The molecule has 2 aromatic rings. The summed E-state index contributed by atoms with van der Waals surface area (Å²) in [5, 5.41) is 4.93. The first-order chi connectivity index (χ1) is 10.2. The van der Waals surface area contributed by atoms with E-state index in [4.69, 9.17) is 9.47 Å². The van der Waals surface area contributed by atoms with E-state index in [0.29, 0.717) is 23.6 Å². The maximum Gasteiger partial charge on any atom is 0.224 e. The second-order valence-corrected chi connectivity index (χ2v) is 5.58. The van der Waals surface area contributed by atoms with Crippen LogP contribution >= 0.6 is 11.3 Å². The van der Waals surface area contributed by atoms with Gasteiger partial charge in [-0.1, -0.05) is 6.07 Å². The van der Waals surface area contributed by atoms with E-state index in [1.165, 1.54) is 4.88 Å². The largest absolute Gasteiger partial charge is 0.497 e. The van der Waals surface area contributed by atoms with Crippen molar-refractivity contribution in [1.82, 2.24) is 0 Å². The van der Waals surface area contributed by atoms with Crippen LogP contribution in [0.5, 0.6) is 11.5 Å². The van der Waals surface area contributed by atoms with Crippen LogP contribution in [-0.4, -0.2) is 20.1 Å². The molecular formula is C16H19NO3S. The number of amides is 1.